The third kappa shape index (κ3) is 8.19. The van der Waals surface area contributed by atoms with E-state index in [4.69, 9.17) is 16.3 Å². The van der Waals surface area contributed by atoms with Gasteiger partial charge < -0.3 is 25.6 Å². The molecular formula is C27H37ClF3N7O4S. The van der Waals surface area contributed by atoms with Crippen LogP contribution in [0.2, 0.25) is 5.02 Å². The molecule has 2 heterocycles. The highest BCUT2D eigenvalue weighted by atomic mass is 35.5. The molecule has 1 aliphatic heterocycles. The predicted molar refractivity (Wildman–Crippen MR) is 159 cm³/mol. The molecule has 0 spiro atoms. The zero-order valence-electron chi connectivity index (χ0n) is 24.5. The van der Waals surface area contributed by atoms with Crippen molar-refractivity contribution in [2.24, 2.45) is 0 Å². The standard InChI is InChI=1S/C27H37ClF3N7O4S/c1-37-11-9-16(10-12-37)33-25(39)17-13-23(42-3)21(14-19(17)28)35-26-32-15-18(27(29,30)31)24(36-26)34-20-7-5-6-8-22(20)38(2)43(4,40)41/h13-16,20,22H,5-12H2,1-4H3,(H,33,39)(H2,32,34,35,36). The SMILES string of the molecule is COc1cc(C(=O)NC2CCN(C)CC2)c(Cl)cc1Nc1ncc(C(F)(F)F)c(NC2CCCCC2N(C)S(C)(=O)=O)n1. The van der Waals surface area contributed by atoms with Gasteiger partial charge in [-0.1, -0.05) is 24.4 Å². The molecule has 11 nitrogen and oxygen atoms in total. The van der Waals surface area contributed by atoms with Gasteiger partial charge in [0.05, 0.1) is 29.6 Å². The number of piperidine rings is 1. The summed E-state index contributed by atoms with van der Waals surface area (Å²) in [7, 11) is 1.25. The van der Waals surface area contributed by atoms with E-state index in [1.54, 1.807) is 0 Å². The number of hydrogen-bond donors (Lipinski definition) is 3. The maximum absolute atomic E-state index is 14.0. The molecule has 2 aliphatic rings. The Bertz CT molecular complexity index is 1420. The fraction of sp³-hybridized carbons (Fsp3) is 0.593. The normalized spacial score (nSPS) is 20.6. The molecule has 43 heavy (non-hydrogen) atoms. The molecule has 16 heteroatoms. The quantitative estimate of drug-likeness (QED) is 0.364. The van der Waals surface area contributed by atoms with Gasteiger partial charge in [-0.15, -0.1) is 0 Å². The molecule has 1 aromatic carbocycles. The number of likely N-dealkylation sites (tertiary alicyclic amines) is 1. The number of likely N-dealkylation sites (N-methyl/N-ethyl adjacent to an activating group) is 1. The molecule has 1 aromatic heterocycles. The van der Waals surface area contributed by atoms with Crippen LogP contribution >= 0.6 is 11.6 Å². The summed E-state index contributed by atoms with van der Waals surface area (Å²) < 4.78 is 72.9. The van der Waals surface area contributed by atoms with Gasteiger partial charge in [-0.25, -0.2) is 17.7 Å². The first-order valence-corrected chi connectivity index (χ1v) is 16.2. The molecule has 2 atom stereocenters. The van der Waals surface area contributed by atoms with Crippen molar-refractivity contribution in [2.75, 3.05) is 51.2 Å². The molecule has 1 aliphatic carbocycles. The van der Waals surface area contributed by atoms with Crippen molar-refractivity contribution in [3.8, 4) is 5.75 Å². The first-order chi connectivity index (χ1) is 20.2. The minimum atomic E-state index is -4.77. The summed E-state index contributed by atoms with van der Waals surface area (Å²) in [6.07, 6.45) is 0.994. The van der Waals surface area contributed by atoms with Crippen molar-refractivity contribution in [2.45, 2.75) is 62.8 Å². The van der Waals surface area contributed by atoms with E-state index in [1.165, 1.54) is 30.6 Å². The number of carbonyl (C=O) groups is 1. The highest BCUT2D eigenvalue weighted by Gasteiger charge is 2.38. The molecule has 1 saturated heterocycles. The van der Waals surface area contributed by atoms with Crippen molar-refractivity contribution in [1.82, 2.24) is 24.5 Å². The number of carbonyl (C=O) groups excluding carboxylic acids is 1. The Kier molecular flexibility index (Phi) is 10.3. The van der Waals surface area contributed by atoms with Crippen molar-refractivity contribution < 1.29 is 31.1 Å². The average molecular weight is 648 g/mol. The summed E-state index contributed by atoms with van der Waals surface area (Å²) in [6, 6.07) is 1.73. The number of methoxy groups -OCH3 is 1. The van der Waals surface area contributed by atoms with Gasteiger partial charge in [0, 0.05) is 31.4 Å². The van der Waals surface area contributed by atoms with Crippen molar-refractivity contribution >= 4 is 45.0 Å². The second-order valence-corrected chi connectivity index (χ2v) is 13.5. The van der Waals surface area contributed by atoms with Gasteiger partial charge in [-0.3, -0.25) is 4.79 Å². The van der Waals surface area contributed by atoms with E-state index in [0.717, 1.165) is 45.0 Å². The Morgan fingerprint density at radius 2 is 1.84 bits per heavy atom. The molecule has 2 fully saturated rings. The number of rotatable bonds is 9. The van der Waals surface area contributed by atoms with Crippen LogP contribution in [-0.2, 0) is 16.2 Å². The van der Waals surface area contributed by atoms with Crippen LogP contribution in [0.4, 0.5) is 30.6 Å². The summed E-state index contributed by atoms with van der Waals surface area (Å²) in [4.78, 5) is 23.2. The predicted octanol–water partition coefficient (Wildman–Crippen LogP) is 4.34. The van der Waals surface area contributed by atoms with Crippen LogP contribution in [0, 0.1) is 0 Å². The number of aromatic nitrogens is 2. The van der Waals surface area contributed by atoms with Crippen LogP contribution in [0.15, 0.2) is 18.3 Å². The molecule has 1 amide bonds. The summed E-state index contributed by atoms with van der Waals surface area (Å²) in [5.41, 5.74) is -0.659. The largest absolute Gasteiger partial charge is 0.495 e. The van der Waals surface area contributed by atoms with Crippen LogP contribution in [0.5, 0.6) is 5.75 Å². The molecule has 2 unspecified atom stereocenters. The number of nitrogens with zero attached hydrogens (tertiary/aromatic N) is 4. The number of sulfonamides is 1. The Hall–Kier alpha value is -2.88. The van der Waals surface area contributed by atoms with Crippen molar-refractivity contribution in [3.05, 3.63) is 34.5 Å². The maximum Gasteiger partial charge on any atom is 0.421 e. The van der Waals surface area contributed by atoms with Gasteiger partial charge in [0.2, 0.25) is 16.0 Å². The molecule has 4 rings (SSSR count). The topological polar surface area (TPSA) is 129 Å². The lowest BCUT2D eigenvalue weighted by atomic mass is 9.90. The number of halogens is 4. The second kappa shape index (κ2) is 13.4. The van der Waals surface area contributed by atoms with E-state index in [1.807, 2.05) is 7.05 Å². The van der Waals surface area contributed by atoms with Crippen LogP contribution in [0.3, 0.4) is 0 Å². The minimum absolute atomic E-state index is 0.0102. The summed E-state index contributed by atoms with van der Waals surface area (Å²) in [6.45, 7) is 1.73. The van der Waals surface area contributed by atoms with E-state index in [2.05, 4.69) is 30.8 Å². The molecule has 0 radical (unpaired) electrons. The maximum atomic E-state index is 14.0. The van der Waals surface area contributed by atoms with Gasteiger partial charge in [0.15, 0.2) is 0 Å². The fourth-order valence-corrected chi connectivity index (χ4v) is 6.42. The van der Waals surface area contributed by atoms with Crippen molar-refractivity contribution in [3.63, 3.8) is 0 Å². The monoisotopic (exact) mass is 647 g/mol. The van der Waals surface area contributed by atoms with Gasteiger partial charge in [0.25, 0.3) is 5.91 Å². The Labute approximate surface area is 254 Å². The lowest BCUT2D eigenvalue weighted by Gasteiger charge is -2.37. The number of ether oxygens (including phenoxy) is 1. The van der Waals surface area contributed by atoms with Crippen LogP contribution in [-0.4, -0.2) is 92.2 Å². The highest BCUT2D eigenvalue weighted by molar-refractivity contribution is 7.88. The first kappa shape index (κ1) is 33.0. The van der Waals surface area contributed by atoms with E-state index >= 15 is 0 Å². The number of alkyl halides is 3. The van der Waals surface area contributed by atoms with Crippen LogP contribution in [0.25, 0.3) is 0 Å². The minimum Gasteiger partial charge on any atom is -0.495 e. The summed E-state index contributed by atoms with van der Waals surface area (Å²) >= 11 is 6.47. The number of amides is 1. The number of hydrogen-bond acceptors (Lipinski definition) is 9. The second-order valence-electron chi connectivity index (χ2n) is 11.0. The van der Waals surface area contributed by atoms with Gasteiger partial charge >= 0.3 is 6.18 Å². The van der Waals surface area contributed by atoms with Crippen LogP contribution in [0.1, 0.15) is 54.4 Å². The Balaban J connectivity index is 1.59. The molecule has 3 N–H and O–H groups in total. The fourth-order valence-electron chi connectivity index (χ4n) is 5.43. The number of anilines is 3. The number of benzene rings is 1. The molecule has 238 valence electrons. The first-order valence-electron chi connectivity index (χ1n) is 13.9. The van der Waals surface area contributed by atoms with E-state index in [9.17, 15) is 26.4 Å². The smallest absolute Gasteiger partial charge is 0.421 e. The van der Waals surface area contributed by atoms with Gasteiger partial charge in [-0.05, 0) is 58.0 Å². The van der Waals surface area contributed by atoms with E-state index < -0.39 is 39.7 Å². The van der Waals surface area contributed by atoms with E-state index in [0.29, 0.717) is 19.0 Å². The molecular weight excluding hydrogens is 611 g/mol. The molecule has 2 aromatic rings. The van der Waals surface area contributed by atoms with Crippen LogP contribution < -0.4 is 20.7 Å². The molecule has 1 saturated carbocycles. The summed E-state index contributed by atoms with van der Waals surface area (Å²) in [5, 5.41) is 8.81. The zero-order valence-corrected chi connectivity index (χ0v) is 26.0. The Morgan fingerprint density at radius 1 is 1.16 bits per heavy atom. The lowest BCUT2D eigenvalue weighted by molar-refractivity contribution is -0.137. The van der Waals surface area contributed by atoms with Gasteiger partial charge in [0.1, 0.15) is 17.1 Å². The van der Waals surface area contributed by atoms with Crippen molar-refractivity contribution in [1.29, 1.82) is 0 Å². The third-order valence-corrected chi connectivity index (χ3v) is 9.60. The lowest BCUT2D eigenvalue weighted by Crippen LogP contribution is -2.49. The highest BCUT2D eigenvalue weighted by Crippen LogP contribution is 2.37. The third-order valence-electron chi connectivity index (χ3n) is 7.97. The summed E-state index contributed by atoms with van der Waals surface area (Å²) in [5.74, 6) is -0.818. The van der Waals surface area contributed by atoms with Gasteiger partial charge in [-0.2, -0.15) is 18.2 Å². The zero-order chi connectivity index (χ0) is 31.5. The number of nitrogens with one attached hydrogen (secondary N) is 3. The Morgan fingerprint density at radius 3 is 2.47 bits per heavy atom. The van der Waals surface area contributed by atoms with E-state index in [-0.39, 0.29) is 39.9 Å². The average Bonchev–Trinajstić information content (AvgIpc) is 2.93. The molecule has 0 bridgehead atoms.